The first-order chi connectivity index (χ1) is 8.85. The van der Waals surface area contributed by atoms with Crippen molar-refractivity contribution in [3.8, 4) is 0 Å². The summed E-state index contributed by atoms with van der Waals surface area (Å²) in [6, 6.07) is 0. The Hall–Kier alpha value is -0.640. The number of aliphatic imine (C=N–C) groups is 1. The van der Waals surface area contributed by atoms with Crippen molar-refractivity contribution in [2.45, 2.75) is 65.8 Å². The zero-order chi connectivity index (χ0) is 14.6. The molecule has 1 heterocycles. The maximum absolute atomic E-state index is 10.00. The topological polar surface area (TPSA) is 41.8 Å². The number of halogens is 1. The van der Waals surface area contributed by atoms with Crippen molar-refractivity contribution in [2.24, 2.45) is 4.99 Å². The molecule has 0 spiro atoms. The van der Waals surface area contributed by atoms with Crippen LogP contribution in [0.1, 0.15) is 53.9 Å². The van der Waals surface area contributed by atoms with Crippen LogP contribution in [0.15, 0.2) is 26.9 Å². The molecule has 19 heavy (non-hydrogen) atoms. The summed E-state index contributed by atoms with van der Waals surface area (Å²) >= 11 is 6.07. The van der Waals surface area contributed by atoms with Crippen LogP contribution in [0.3, 0.4) is 0 Å². The van der Waals surface area contributed by atoms with E-state index in [0.29, 0.717) is 5.16 Å². The summed E-state index contributed by atoms with van der Waals surface area (Å²) < 4.78 is 5.66. The molecule has 0 bridgehead atoms. The molecule has 0 saturated carbocycles. The Bertz CT molecular complexity index is 426. The van der Waals surface area contributed by atoms with Gasteiger partial charge in [-0.2, -0.15) is 0 Å². The summed E-state index contributed by atoms with van der Waals surface area (Å²) in [4.78, 5) is 4.23. The predicted octanol–water partition coefficient (Wildman–Crippen LogP) is 4.16. The first kappa shape index (κ1) is 16.4. The Balaban J connectivity index is 3.00. The average Bonchev–Trinajstić information content (AvgIpc) is 2.57. The average molecular weight is 286 g/mol. The van der Waals surface area contributed by atoms with Crippen LogP contribution in [-0.4, -0.2) is 23.2 Å². The van der Waals surface area contributed by atoms with Crippen LogP contribution in [0.4, 0.5) is 0 Å². The van der Waals surface area contributed by atoms with Gasteiger partial charge in [-0.25, -0.2) is 4.99 Å². The van der Waals surface area contributed by atoms with Crippen LogP contribution in [-0.2, 0) is 4.74 Å². The third-order valence-electron chi connectivity index (χ3n) is 3.79. The normalized spacial score (nSPS) is 29.3. The fraction of sp³-hybridized carbons (Fsp3) is 0.667. The lowest BCUT2D eigenvalue weighted by Gasteiger charge is -2.25. The van der Waals surface area contributed by atoms with E-state index >= 15 is 0 Å². The molecule has 0 saturated heterocycles. The minimum absolute atomic E-state index is 0.397. The van der Waals surface area contributed by atoms with Crippen LogP contribution in [0.2, 0.25) is 0 Å². The molecule has 1 aliphatic rings. The number of hydrogen-bond acceptors (Lipinski definition) is 3. The highest BCUT2D eigenvalue weighted by atomic mass is 35.5. The zero-order valence-electron chi connectivity index (χ0n) is 12.5. The predicted molar refractivity (Wildman–Crippen MR) is 80.4 cm³/mol. The fourth-order valence-electron chi connectivity index (χ4n) is 2.16. The van der Waals surface area contributed by atoms with Crippen molar-refractivity contribution >= 4 is 17.8 Å². The third-order valence-corrected chi connectivity index (χ3v) is 4.21. The molecule has 0 fully saturated rings. The van der Waals surface area contributed by atoms with E-state index in [9.17, 15) is 5.11 Å². The maximum atomic E-state index is 10.00. The summed E-state index contributed by atoms with van der Waals surface area (Å²) in [5, 5.41) is 10.5. The van der Waals surface area contributed by atoms with Crippen LogP contribution in [0.5, 0.6) is 0 Å². The summed E-state index contributed by atoms with van der Waals surface area (Å²) in [6.45, 7) is 10.1. The maximum Gasteiger partial charge on any atom is 0.183 e. The molecule has 108 valence electrons. The quantitative estimate of drug-likeness (QED) is 0.609. The number of allylic oxidation sites excluding steroid dienone is 1. The molecule has 0 aliphatic carbocycles. The van der Waals surface area contributed by atoms with Crippen molar-refractivity contribution < 1.29 is 9.84 Å². The monoisotopic (exact) mass is 285 g/mol. The van der Waals surface area contributed by atoms with Crippen LogP contribution < -0.4 is 0 Å². The molecular formula is C15H24ClNO2. The van der Waals surface area contributed by atoms with Gasteiger partial charge in [0.05, 0.1) is 5.60 Å². The molecule has 3 nitrogen and oxygen atoms in total. The number of aliphatic hydroxyl groups is 1. The van der Waals surface area contributed by atoms with Gasteiger partial charge in [-0.15, -0.1) is 0 Å². The van der Waals surface area contributed by atoms with Crippen LogP contribution in [0, 0.1) is 0 Å². The number of rotatable bonds is 5. The molecule has 1 N–H and O–H groups in total. The zero-order valence-corrected chi connectivity index (χ0v) is 13.2. The van der Waals surface area contributed by atoms with Gasteiger partial charge in [0.15, 0.2) is 6.29 Å². The summed E-state index contributed by atoms with van der Waals surface area (Å²) in [7, 11) is 0. The fourth-order valence-corrected chi connectivity index (χ4v) is 2.34. The molecular weight excluding hydrogens is 262 g/mol. The Kier molecular flexibility index (Phi) is 5.78. The molecule has 0 aromatic heterocycles. The largest absolute Gasteiger partial charge is 0.364 e. The van der Waals surface area contributed by atoms with Crippen molar-refractivity contribution in [3.63, 3.8) is 0 Å². The Morgan fingerprint density at radius 1 is 1.53 bits per heavy atom. The van der Waals surface area contributed by atoms with E-state index in [4.69, 9.17) is 16.3 Å². The highest BCUT2D eigenvalue weighted by Crippen LogP contribution is 2.37. The molecule has 0 aromatic rings. The van der Waals surface area contributed by atoms with Gasteiger partial charge < -0.3 is 9.84 Å². The number of nitrogens with zero attached hydrogens (tertiary/aromatic N) is 1. The van der Waals surface area contributed by atoms with Crippen LogP contribution >= 0.6 is 11.6 Å². The standard InChI is InChI=1S/C15H24ClNO2/c1-6-8-15(5)11(4)12(14(18)19-15)9-17-13(16)10(3)7-2/h9,14,18H,6-8H2,1-5H3/b13-10+,17-9?. The first-order valence-electron chi connectivity index (χ1n) is 6.82. The Labute approximate surface area is 121 Å². The highest BCUT2D eigenvalue weighted by molar-refractivity contribution is 6.30. The van der Waals surface area contributed by atoms with Gasteiger partial charge in [-0.1, -0.05) is 31.9 Å². The first-order valence-corrected chi connectivity index (χ1v) is 7.20. The van der Waals surface area contributed by atoms with E-state index in [1.807, 2.05) is 27.7 Å². The van der Waals surface area contributed by atoms with E-state index in [0.717, 1.165) is 36.0 Å². The number of hydrogen-bond donors (Lipinski definition) is 1. The second kappa shape index (κ2) is 6.69. The third kappa shape index (κ3) is 3.68. The smallest absolute Gasteiger partial charge is 0.183 e. The van der Waals surface area contributed by atoms with E-state index < -0.39 is 11.9 Å². The van der Waals surface area contributed by atoms with E-state index in [1.54, 1.807) is 6.21 Å². The van der Waals surface area contributed by atoms with Crippen molar-refractivity contribution in [2.75, 3.05) is 0 Å². The van der Waals surface area contributed by atoms with Crippen molar-refractivity contribution in [1.82, 2.24) is 0 Å². The highest BCUT2D eigenvalue weighted by Gasteiger charge is 2.39. The van der Waals surface area contributed by atoms with Gasteiger partial charge in [0.1, 0.15) is 5.16 Å². The van der Waals surface area contributed by atoms with E-state index in [1.165, 1.54) is 0 Å². The molecule has 0 aromatic carbocycles. The molecule has 0 amide bonds. The lowest BCUT2D eigenvalue weighted by molar-refractivity contribution is -0.123. The molecule has 4 heteroatoms. The minimum atomic E-state index is -0.910. The number of aliphatic hydroxyl groups excluding tert-OH is 1. The summed E-state index contributed by atoms with van der Waals surface area (Å²) in [6.07, 6.45) is 3.46. The Morgan fingerprint density at radius 2 is 2.16 bits per heavy atom. The van der Waals surface area contributed by atoms with E-state index in [-0.39, 0.29) is 0 Å². The lowest BCUT2D eigenvalue weighted by Crippen LogP contribution is -2.27. The molecule has 1 aliphatic heterocycles. The van der Waals surface area contributed by atoms with Crippen molar-refractivity contribution in [3.05, 3.63) is 21.9 Å². The van der Waals surface area contributed by atoms with Crippen molar-refractivity contribution in [1.29, 1.82) is 0 Å². The van der Waals surface area contributed by atoms with Gasteiger partial charge in [0, 0.05) is 11.8 Å². The second-order valence-electron chi connectivity index (χ2n) is 5.21. The molecule has 0 radical (unpaired) electrons. The molecule has 1 rings (SSSR count). The molecule has 2 atom stereocenters. The van der Waals surface area contributed by atoms with Crippen LogP contribution in [0.25, 0.3) is 0 Å². The minimum Gasteiger partial charge on any atom is -0.364 e. The van der Waals surface area contributed by atoms with Gasteiger partial charge in [-0.05, 0) is 44.8 Å². The van der Waals surface area contributed by atoms with E-state index in [2.05, 4.69) is 11.9 Å². The summed E-state index contributed by atoms with van der Waals surface area (Å²) in [5.41, 5.74) is 2.38. The number of ether oxygens (including phenoxy) is 1. The van der Waals surface area contributed by atoms with Gasteiger partial charge >= 0.3 is 0 Å². The SMILES string of the molecule is CCCC1(C)OC(O)C(C=N/C(Cl)=C(\C)CC)=C1C. The lowest BCUT2D eigenvalue weighted by atomic mass is 9.91. The Morgan fingerprint density at radius 3 is 2.68 bits per heavy atom. The van der Waals surface area contributed by atoms with Gasteiger partial charge in [0.2, 0.25) is 0 Å². The molecule has 2 unspecified atom stereocenters. The van der Waals surface area contributed by atoms with Gasteiger partial charge in [-0.3, -0.25) is 0 Å². The summed E-state index contributed by atoms with van der Waals surface area (Å²) in [5.74, 6) is 0. The van der Waals surface area contributed by atoms with Gasteiger partial charge in [0.25, 0.3) is 0 Å². The second-order valence-corrected chi connectivity index (χ2v) is 5.57.